The van der Waals surface area contributed by atoms with Gasteiger partial charge in [0, 0.05) is 17.1 Å². The molecule has 0 bridgehead atoms. The summed E-state index contributed by atoms with van der Waals surface area (Å²) < 4.78 is 33.2. The van der Waals surface area contributed by atoms with E-state index in [-0.39, 0.29) is 4.90 Å². The van der Waals surface area contributed by atoms with Gasteiger partial charge in [-0.25, -0.2) is 17.9 Å². The summed E-state index contributed by atoms with van der Waals surface area (Å²) in [5.41, 5.74) is 1.38. The average molecular weight is 358 g/mol. The quantitative estimate of drug-likeness (QED) is 0.708. The van der Waals surface area contributed by atoms with Crippen molar-refractivity contribution in [2.24, 2.45) is 0 Å². The molecule has 0 aliphatic heterocycles. The molecule has 3 aromatic rings. The van der Waals surface area contributed by atoms with Crippen LogP contribution >= 0.6 is 0 Å². The second-order valence-corrected chi connectivity index (χ2v) is 7.45. The summed E-state index contributed by atoms with van der Waals surface area (Å²) >= 11 is 0. The number of nitrogens with one attached hydrogen (secondary N) is 1. The van der Waals surface area contributed by atoms with E-state index in [1.54, 1.807) is 12.1 Å². The first-order chi connectivity index (χ1) is 11.9. The summed E-state index contributed by atoms with van der Waals surface area (Å²) in [6, 6.07) is 12.3. The van der Waals surface area contributed by atoms with Crippen LogP contribution in [0.2, 0.25) is 0 Å². The van der Waals surface area contributed by atoms with Crippen LogP contribution in [-0.2, 0) is 10.0 Å². The second-order valence-electron chi connectivity index (χ2n) is 5.74. The second kappa shape index (κ2) is 6.78. The summed E-state index contributed by atoms with van der Waals surface area (Å²) in [5.74, 6) is 0. The largest absolute Gasteiger partial charge is 0.423 e. The summed E-state index contributed by atoms with van der Waals surface area (Å²) in [5, 5.41) is 0.546. The Balaban J connectivity index is 1.95. The van der Waals surface area contributed by atoms with Gasteiger partial charge in [0.25, 0.3) is 0 Å². The molecule has 7 heteroatoms. The van der Waals surface area contributed by atoms with E-state index < -0.39 is 21.7 Å². The van der Waals surface area contributed by atoms with Gasteiger partial charge in [0.2, 0.25) is 10.0 Å². The summed E-state index contributed by atoms with van der Waals surface area (Å²) in [6.07, 6.45) is 0.568. The highest BCUT2D eigenvalue weighted by Crippen LogP contribution is 2.22. The van der Waals surface area contributed by atoms with Crippen molar-refractivity contribution in [3.63, 3.8) is 0 Å². The molecule has 0 radical (unpaired) electrons. The lowest BCUT2D eigenvalue weighted by Crippen LogP contribution is -2.29. The van der Waals surface area contributed by atoms with Crippen LogP contribution in [0.25, 0.3) is 11.0 Å². The lowest BCUT2D eigenvalue weighted by molar-refractivity contribution is 0.543. The number of nitrogens with zero attached hydrogens (tertiary/aromatic N) is 1. The molecule has 0 saturated carbocycles. The standard InChI is InChI=1S/C18H18N2O4S/c1-3-15(16-6-4-5-12(2)19-16)20-25(22,23)14-8-9-17-13(11-14)7-10-18(21)24-17/h4-11,15,20H,3H2,1-2H3. The zero-order valence-corrected chi connectivity index (χ0v) is 14.7. The zero-order chi connectivity index (χ0) is 18.0. The van der Waals surface area contributed by atoms with Crippen molar-refractivity contribution in [2.45, 2.75) is 31.2 Å². The molecule has 6 nitrogen and oxygen atoms in total. The normalized spacial score (nSPS) is 13.0. The summed E-state index contributed by atoms with van der Waals surface area (Å²) in [7, 11) is -3.74. The fourth-order valence-corrected chi connectivity index (χ4v) is 3.91. The summed E-state index contributed by atoms with van der Waals surface area (Å²) in [4.78, 5) is 15.7. The lowest BCUT2D eigenvalue weighted by Gasteiger charge is -2.17. The number of benzene rings is 1. The lowest BCUT2D eigenvalue weighted by atomic mass is 10.1. The zero-order valence-electron chi connectivity index (χ0n) is 13.9. The van der Waals surface area contributed by atoms with E-state index in [4.69, 9.17) is 4.42 Å². The maximum atomic E-state index is 12.7. The highest BCUT2D eigenvalue weighted by molar-refractivity contribution is 7.89. The Kier molecular flexibility index (Phi) is 4.69. The third-order valence-corrected chi connectivity index (χ3v) is 5.34. The van der Waals surface area contributed by atoms with Crippen LogP contribution in [0.3, 0.4) is 0 Å². The van der Waals surface area contributed by atoms with Crippen LogP contribution in [0, 0.1) is 6.92 Å². The van der Waals surface area contributed by atoms with E-state index >= 15 is 0 Å². The molecule has 25 heavy (non-hydrogen) atoms. The number of hydrogen-bond donors (Lipinski definition) is 1. The van der Waals surface area contributed by atoms with Crippen molar-refractivity contribution in [3.05, 3.63) is 70.3 Å². The van der Waals surface area contributed by atoms with E-state index in [1.165, 1.54) is 24.3 Å². The van der Waals surface area contributed by atoms with Gasteiger partial charge in [-0.1, -0.05) is 13.0 Å². The molecule has 0 saturated heterocycles. The Morgan fingerprint density at radius 1 is 1.16 bits per heavy atom. The maximum absolute atomic E-state index is 12.7. The van der Waals surface area contributed by atoms with E-state index in [1.807, 2.05) is 26.0 Å². The van der Waals surface area contributed by atoms with Crippen molar-refractivity contribution in [1.29, 1.82) is 0 Å². The molecule has 3 rings (SSSR count). The molecule has 1 aromatic carbocycles. The van der Waals surface area contributed by atoms with Crippen LogP contribution < -0.4 is 10.3 Å². The molecule has 0 spiro atoms. The van der Waals surface area contributed by atoms with Gasteiger partial charge < -0.3 is 4.42 Å². The van der Waals surface area contributed by atoms with Crippen LogP contribution in [0.1, 0.15) is 30.8 Å². The number of fused-ring (bicyclic) bond motifs is 1. The van der Waals surface area contributed by atoms with Crippen molar-refractivity contribution >= 4 is 21.0 Å². The number of sulfonamides is 1. The van der Waals surface area contributed by atoms with Gasteiger partial charge in [-0.3, -0.25) is 4.98 Å². The minimum Gasteiger partial charge on any atom is -0.423 e. The first-order valence-electron chi connectivity index (χ1n) is 7.89. The Bertz CT molecular complexity index is 1070. The fraction of sp³-hybridized carbons (Fsp3) is 0.222. The minimum absolute atomic E-state index is 0.111. The first-order valence-corrected chi connectivity index (χ1v) is 9.37. The van der Waals surface area contributed by atoms with E-state index in [2.05, 4.69) is 9.71 Å². The first kappa shape index (κ1) is 17.3. The van der Waals surface area contributed by atoms with Crippen molar-refractivity contribution in [3.8, 4) is 0 Å². The third-order valence-electron chi connectivity index (χ3n) is 3.87. The molecule has 2 aromatic heterocycles. The fourth-order valence-electron chi connectivity index (χ4n) is 2.58. The molecule has 1 unspecified atom stereocenters. The molecule has 1 atom stereocenters. The van der Waals surface area contributed by atoms with Crippen LogP contribution in [0.15, 0.2) is 62.6 Å². The highest BCUT2D eigenvalue weighted by atomic mass is 32.2. The van der Waals surface area contributed by atoms with Gasteiger partial charge in [-0.15, -0.1) is 0 Å². The highest BCUT2D eigenvalue weighted by Gasteiger charge is 2.21. The average Bonchev–Trinajstić information content (AvgIpc) is 2.59. The van der Waals surface area contributed by atoms with Crippen molar-refractivity contribution < 1.29 is 12.8 Å². The van der Waals surface area contributed by atoms with Crippen molar-refractivity contribution in [2.75, 3.05) is 0 Å². The van der Waals surface area contributed by atoms with Crippen LogP contribution in [0.5, 0.6) is 0 Å². The Hall–Kier alpha value is -2.51. The minimum atomic E-state index is -3.74. The van der Waals surface area contributed by atoms with Gasteiger partial charge in [0.15, 0.2) is 0 Å². The maximum Gasteiger partial charge on any atom is 0.336 e. The SMILES string of the molecule is CCC(NS(=O)(=O)c1ccc2oc(=O)ccc2c1)c1cccc(C)n1. The van der Waals surface area contributed by atoms with Gasteiger partial charge in [-0.05, 0) is 49.7 Å². The third kappa shape index (κ3) is 3.78. The van der Waals surface area contributed by atoms with Gasteiger partial charge in [-0.2, -0.15) is 0 Å². The Labute approximate surface area is 145 Å². The van der Waals surface area contributed by atoms with Gasteiger partial charge in [0.05, 0.1) is 16.6 Å². The van der Waals surface area contributed by atoms with E-state index in [0.717, 1.165) is 5.69 Å². The molecule has 0 fully saturated rings. The van der Waals surface area contributed by atoms with Crippen LogP contribution in [0.4, 0.5) is 0 Å². The van der Waals surface area contributed by atoms with Gasteiger partial charge in [0.1, 0.15) is 5.58 Å². The van der Waals surface area contributed by atoms with E-state index in [0.29, 0.717) is 23.1 Å². The number of aromatic nitrogens is 1. The number of aryl methyl sites for hydroxylation is 1. The van der Waals surface area contributed by atoms with Gasteiger partial charge >= 0.3 is 5.63 Å². The number of hydrogen-bond acceptors (Lipinski definition) is 5. The predicted octanol–water partition coefficient (Wildman–Crippen LogP) is 2.93. The molecule has 0 aliphatic carbocycles. The summed E-state index contributed by atoms with van der Waals surface area (Å²) in [6.45, 7) is 3.76. The molecule has 0 amide bonds. The van der Waals surface area contributed by atoms with Crippen LogP contribution in [-0.4, -0.2) is 13.4 Å². The molecular formula is C18H18N2O4S. The molecule has 130 valence electrons. The van der Waals surface area contributed by atoms with E-state index in [9.17, 15) is 13.2 Å². The molecule has 1 N–H and O–H groups in total. The monoisotopic (exact) mass is 358 g/mol. The number of rotatable bonds is 5. The molecule has 2 heterocycles. The van der Waals surface area contributed by atoms with Crippen molar-refractivity contribution in [1.82, 2.24) is 9.71 Å². The number of pyridine rings is 1. The Morgan fingerprint density at radius 2 is 1.96 bits per heavy atom. The smallest absolute Gasteiger partial charge is 0.336 e. The Morgan fingerprint density at radius 3 is 2.68 bits per heavy atom. The predicted molar refractivity (Wildman–Crippen MR) is 94.8 cm³/mol. The molecular weight excluding hydrogens is 340 g/mol. The topological polar surface area (TPSA) is 89.3 Å². The molecule has 0 aliphatic rings.